The second kappa shape index (κ2) is 12.4. The molecule has 3 rings (SSSR count). The van der Waals surface area contributed by atoms with E-state index in [1.54, 1.807) is 37.3 Å². The third-order valence-corrected chi connectivity index (χ3v) is 6.74. The minimum Gasteiger partial charge on any atom is -0.457 e. The average Bonchev–Trinajstić information content (AvgIpc) is 2.87. The quantitative estimate of drug-likeness (QED) is 0.408. The van der Waals surface area contributed by atoms with E-state index in [4.69, 9.17) is 4.74 Å². The first-order valence-electron chi connectivity index (χ1n) is 11.7. The first-order valence-corrected chi connectivity index (χ1v) is 13.6. The maximum absolute atomic E-state index is 14.4. The fourth-order valence-corrected chi connectivity index (χ4v) is 4.48. The number of carbonyl (C=O) groups is 2. The van der Waals surface area contributed by atoms with Crippen molar-refractivity contribution in [2.45, 2.75) is 26.4 Å². The summed E-state index contributed by atoms with van der Waals surface area (Å²) >= 11 is 0. The molecular weight excluding hydrogens is 497 g/mol. The van der Waals surface area contributed by atoms with Crippen LogP contribution in [0.2, 0.25) is 0 Å². The van der Waals surface area contributed by atoms with Gasteiger partial charge < -0.3 is 15.0 Å². The molecule has 8 nitrogen and oxygen atoms in total. The molecule has 3 aromatic carbocycles. The largest absolute Gasteiger partial charge is 0.457 e. The number of nitrogens with zero attached hydrogens (tertiary/aromatic N) is 2. The lowest BCUT2D eigenvalue weighted by atomic mass is 10.1. The molecule has 0 bridgehead atoms. The molecule has 196 valence electrons. The SMILES string of the molecule is CCNC(=O)[C@@H](C)N(Cc1ccccc1F)C(=O)CN(c1ccc(Oc2ccccc2)cc1)S(C)(=O)=O. The van der Waals surface area contributed by atoms with Crippen LogP contribution in [0.3, 0.4) is 0 Å². The van der Waals surface area contributed by atoms with Crippen LogP contribution in [0.25, 0.3) is 0 Å². The van der Waals surface area contributed by atoms with E-state index in [0.717, 1.165) is 10.6 Å². The smallest absolute Gasteiger partial charge is 0.244 e. The molecule has 1 N–H and O–H groups in total. The lowest BCUT2D eigenvalue weighted by Crippen LogP contribution is -2.51. The van der Waals surface area contributed by atoms with Gasteiger partial charge in [-0.05, 0) is 56.3 Å². The predicted molar refractivity (Wildman–Crippen MR) is 140 cm³/mol. The summed E-state index contributed by atoms with van der Waals surface area (Å²) in [6, 6.07) is 20.3. The highest BCUT2D eigenvalue weighted by Gasteiger charge is 2.30. The van der Waals surface area contributed by atoms with E-state index < -0.39 is 40.2 Å². The van der Waals surface area contributed by atoms with Crippen LogP contribution in [0.4, 0.5) is 10.1 Å². The summed E-state index contributed by atoms with van der Waals surface area (Å²) < 4.78 is 46.4. The van der Waals surface area contributed by atoms with Gasteiger partial charge in [0.2, 0.25) is 21.8 Å². The molecular formula is C27H30FN3O5S. The van der Waals surface area contributed by atoms with Gasteiger partial charge in [-0.1, -0.05) is 36.4 Å². The fraction of sp³-hybridized carbons (Fsp3) is 0.259. The van der Waals surface area contributed by atoms with E-state index in [0.29, 0.717) is 18.0 Å². The van der Waals surface area contributed by atoms with Gasteiger partial charge in [0, 0.05) is 18.7 Å². The first kappa shape index (κ1) is 27.7. The van der Waals surface area contributed by atoms with Crippen LogP contribution in [0, 0.1) is 5.82 Å². The summed E-state index contributed by atoms with van der Waals surface area (Å²) in [4.78, 5) is 27.2. The Kier molecular flexibility index (Phi) is 9.24. The van der Waals surface area contributed by atoms with Crippen molar-refractivity contribution in [3.63, 3.8) is 0 Å². The lowest BCUT2D eigenvalue weighted by molar-refractivity contribution is -0.139. The van der Waals surface area contributed by atoms with E-state index in [-0.39, 0.29) is 17.8 Å². The molecule has 10 heteroatoms. The summed E-state index contributed by atoms with van der Waals surface area (Å²) in [7, 11) is -3.89. The first-order chi connectivity index (χ1) is 17.6. The van der Waals surface area contributed by atoms with Gasteiger partial charge in [0.15, 0.2) is 0 Å². The molecule has 2 amide bonds. The van der Waals surface area contributed by atoms with Gasteiger partial charge in [-0.2, -0.15) is 0 Å². The molecule has 0 aliphatic carbocycles. The Morgan fingerprint density at radius 2 is 1.54 bits per heavy atom. The summed E-state index contributed by atoms with van der Waals surface area (Å²) in [5.74, 6) is -0.510. The molecule has 0 aliphatic heterocycles. The van der Waals surface area contributed by atoms with Crippen molar-refractivity contribution in [1.29, 1.82) is 0 Å². The number of likely N-dealkylation sites (N-methyl/N-ethyl adjacent to an activating group) is 1. The van der Waals surface area contributed by atoms with Crippen LogP contribution in [-0.4, -0.2) is 50.5 Å². The summed E-state index contributed by atoms with van der Waals surface area (Å²) in [6.07, 6.45) is 0.989. The Morgan fingerprint density at radius 1 is 0.946 bits per heavy atom. The van der Waals surface area contributed by atoms with Crippen molar-refractivity contribution in [2.24, 2.45) is 0 Å². The molecule has 0 saturated heterocycles. The Morgan fingerprint density at radius 3 is 2.14 bits per heavy atom. The lowest BCUT2D eigenvalue weighted by Gasteiger charge is -2.31. The van der Waals surface area contributed by atoms with Crippen molar-refractivity contribution in [1.82, 2.24) is 10.2 Å². The number of rotatable bonds is 11. The highest BCUT2D eigenvalue weighted by molar-refractivity contribution is 7.92. The van der Waals surface area contributed by atoms with Gasteiger partial charge in [-0.3, -0.25) is 13.9 Å². The Hall–Kier alpha value is -3.92. The van der Waals surface area contributed by atoms with Crippen LogP contribution >= 0.6 is 0 Å². The van der Waals surface area contributed by atoms with E-state index in [9.17, 15) is 22.4 Å². The average molecular weight is 528 g/mol. The molecule has 0 aromatic heterocycles. The van der Waals surface area contributed by atoms with Crippen LogP contribution in [0.15, 0.2) is 78.9 Å². The number of hydrogen-bond acceptors (Lipinski definition) is 5. The summed E-state index contributed by atoms with van der Waals surface area (Å²) in [5, 5.41) is 2.65. The minimum atomic E-state index is -3.89. The van der Waals surface area contributed by atoms with Gasteiger partial charge in [0.25, 0.3) is 0 Å². The van der Waals surface area contributed by atoms with Crippen LogP contribution in [0.5, 0.6) is 11.5 Å². The van der Waals surface area contributed by atoms with Crippen molar-refractivity contribution in [3.05, 3.63) is 90.2 Å². The van der Waals surface area contributed by atoms with E-state index in [2.05, 4.69) is 5.32 Å². The second-order valence-electron chi connectivity index (χ2n) is 8.36. The maximum Gasteiger partial charge on any atom is 0.244 e. The normalized spacial score (nSPS) is 11.9. The molecule has 3 aromatic rings. The van der Waals surface area contributed by atoms with Gasteiger partial charge in [-0.25, -0.2) is 12.8 Å². The van der Waals surface area contributed by atoms with Crippen molar-refractivity contribution >= 4 is 27.5 Å². The molecule has 0 heterocycles. The van der Waals surface area contributed by atoms with Crippen LogP contribution in [-0.2, 0) is 26.2 Å². The zero-order valence-electron chi connectivity index (χ0n) is 20.9. The number of benzene rings is 3. The number of ether oxygens (including phenoxy) is 1. The molecule has 0 radical (unpaired) electrons. The highest BCUT2D eigenvalue weighted by Crippen LogP contribution is 2.26. The van der Waals surface area contributed by atoms with Crippen LogP contribution < -0.4 is 14.4 Å². The number of sulfonamides is 1. The number of nitrogens with one attached hydrogen (secondary N) is 1. The highest BCUT2D eigenvalue weighted by atomic mass is 32.2. The molecule has 0 aliphatic rings. The van der Waals surface area contributed by atoms with Gasteiger partial charge in [0.05, 0.1) is 11.9 Å². The van der Waals surface area contributed by atoms with Gasteiger partial charge in [-0.15, -0.1) is 0 Å². The summed E-state index contributed by atoms with van der Waals surface area (Å²) in [5.41, 5.74) is 0.452. The molecule has 0 unspecified atom stereocenters. The third-order valence-electron chi connectivity index (χ3n) is 5.60. The maximum atomic E-state index is 14.4. The molecule has 0 saturated carbocycles. The number of carbonyl (C=O) groups excluding carboxylic acids is 2. The van der Waals surface area contributed by atoms with Gasteiger partial charge >= 0.3 is 0 Å². The fourth-order valence-electron chi connectivity index (χ4n) is 3.63. The topological polar surface area (TPSA) is 96.0 Å². The minimum absolute atomic E-state index is 0.203. The number of para-hydroxylation sites is 1. The Labute approximate surface area is 216 Å². The Bertz CT molecular complexity index is 1320. The molecule has 0 spiro atoms. The van der Waals surface area contributed by atoms with E-state index >= 15 is 0 Å². The molecule has 0 fully saturated rings. The number of amides is 2. The van der Waals surface area contributed by atoms with Crippen molar-refractivity contribution in [3.8, 4) is 11.5 Å². The number of anilines is 1. The third kappa shape index (κ3) is 7.53. The summed E-state index contributed by atoms with van der Waals surface area (Å²) in [6.45, 7) is 2.83. The predicted octanol–water partition coefficient (Wildman–Crippen LogP) is 3.94. The molecule has 37 heavy (non-hydrogen) atoms. The standard InChI is InChI=1S/C27H30FN3O5S/c1-4-29-27(33)20(2)30(18-21-10-8-9-13-25(21)28)26(32)19-31(37(3,34)35)22-14-16-24(17-15-22)36-23-11-6-5-7-12-23/h5-17,20H,4,18-19H2,1-3H3,(H,29,33)/t20-/m1/s1. The molecule has 1 atom stereocenters. The van der Waals surface area contributed by atoms with Gasteiger partial charge in [0.1, 0.15) is 29.9 Å². The van der Waals surface area contributed by atoms with Crippen LogP contribution in [0.1, 0.15) is 19.4 Å². The zero-order chi connectivity index (χ0) is 27.0. The van der Waals surface area contributed by atoms with E-state index in [1.165, 1.54) is 42.2 Å². The van der Waals surface area contributed by atoms with Crippen molar-refractivity contribution in [2.75, 3.05) is 23.7 Å². The monoisotopic (exact) mass is 527 g/mol. The number of hydrogen-bond donors (Lipinski definition) is 1. The van der Waals surface area contributed by atoms with Crippen molar-refractivity contribution < 1.29 is 27.1 Å². The second-order valence-corrected chi connectivity index (χ2v) is 10.3. The number of halogens is 1. The van der Waals surface area contributed by atoms with E-state index in [1.807, 2.05) is 18.2 Å². The Balaban J connectivity index is 1.86. The zero-order valence-corrected chi connectivity index (χ0v) is 21.7.